The molecule has 0 aliphatic carbocycles. The molecule has 0 spiro atoms. The molecule has 6 heteroatoms. The number of carbonyl (C=O) groups excluding carboxylic acids is 2. The van der Waals surface area contributed by atoms with Crippen LogP contribution in [0.3, 0.4) is 0 Å². The molecule has 0 radical (unpaired) electrons. The zero-order valence-corrected chi connectivity index (χ0v) is 12.6. The topological polar surface area (TPSA) is 104 Å². The Bertz CT molecular complexity index is 503. The minimum atomic E-state index is -0.714. The molecule has 2 amide bonds. The van der Waals surface area contributed by atoms with Crippen LogP contribution in [0.5, 0.6) is 0 Å². The first-order chi connectivity index (χ1) is 9.86. The van der Waals surface area contributed by atoms with Crippen molar-refractivity contribution < 1.29 is 14.7 Å². The zero-order chi connectivity index (χ0) is 16.0. The number of rotatable bonds is 6. The molecular weight excluding hydrogens is 270 g/mol. The van der Waals surface area contributed by atoms with E-state index in [0.717, 1.165) is 0 Å². The third-order valence-corrected chi connectivity index (χ3v) is 3.22. The standard InChI is InChI=1S/C15H23N3O3/c1-9(2)13(16)15(21)17-10(3)14(20)18-12-7-5-4-6-11(12)8-19/h4-7,9-10,13,19H,8,16H2,1-3H3,(H,17,21)(H,18,20)/t10-,13-/m0/s1. The molecular formula is C15H23N3O3. The van der Waals surface area contributed by atoms with Gasteiger partial charge < -0.3 is 21.5 Å². The Hall–Kier alpha value is -1.92. The van der Waals surface area contributed by atoms with E-state index in [1.807, 2.05) is 13.8 Å². The van der Waals surface area contributed by atoms with E-state index in [4.69, 9.17) is 5.73 Å². The number of nitrogens with one attached hydrogen (secondary N) is 2. The number of nitrogens with two attached hydrogens (primary N) is 1. The second-order valence-electron chi connectivity index (χ2n) is 5.30. The van der Waals surface area contributed by atoms with Crippen LogP contribution in [0.1, 0.15) is 26.3 Å². The number of hydrogen-bond acceptors (Lipinski definition) is 4. The highest BCUT2D eigenvalue weighted by molar-refractivity contribution is 5.98. The molecule has 0 aromatic heterocycles. The highest BCUT2D eigenvalue weighted by atomic mass is 16.3. The molecule has 0 bridgehead atoms. The van der Waals surface area contributed by atoms with Crippen LogP contribution in [0.2, 0.25) is 0 Å². The number of hydrogen-bond donors (Lipinski definition) is 4. The van der Waals surface area contributed by atoms with Crippen LogP contribution in [-0.4, -0.2) is 29.0 Å². The van der Waals surface area contributed by atoms with Crippen LogP contribution in [0, 0.1) is 5.92 Å². The second-order valence-corrected chi connectivity index (χ2v) is 5.30. The van der Waals surface area contributed by atoms with Crippen molar-refractivity contribution in [2.24, 2.45) is 11.7 Å². The van der Waals surface area contributed by atoms with Gasteiger partial charge in [-0.05, 0) is 18.9 Å². The van der Waals surface area contributed by atoms with Gasteiger partial charge in [0.1, 0.15) is 6.04 Å². The van der Waals surface area contributed by atoms with Crippen molar-refractivity contribution in [1.82, 2.24) is 5.32 Å². The molecule has 0 unspecified atom stereocenters. The Morgan fingerprint density at radius 2 is 1.81 bits per heavy atom. The highest BCUT2D eigenvalue weighted by Gasteiger charge is 2.22. The van der Waals surface area contributed by atoms with Gasteiger partial charge >= 0.3 is 0 Å². The molecule has 6 nitrogen and oxygen atoms in total. The number of carbonyl (C=O) groups is 2. The lowest BCUT2D eigenvalue weighted by Gasteiger charge is -2.19. The number of aliphatic hydroxyl groups excluding tert-OH is 1. The molecule has 0 saturated heterocycles. The minimum absolute atomic E-state index is 0.00428. The normalized spacial score (nSPS) is 13.6. The number of benzene rings is 1. The Balaban J connectivity index is 2.65. The lowest BCUT2D eigenvalue weighted by molar-refractivity contribution is -0.127. The monoisotopic (exact) mass is 293 g/mol. The van der Waals surface area contributed by atoms with Gasteiger partial charge in [-0.1, -0.05) is 32.0 Å². The summed E-state index contributed by atoms with van der Waals surface area (Å²) in [5.74, 6) is -0.723. The van der Waals surface area contributed by atoms with Gasteiger partial charge in [-0.2, -0.15) is 0 Å². The molecule has 0 fully saturated rings. The first-order valence-corrected chi connectivity index (χ1v) is 6.92. The third-order valence-electron chi connectivity index (χ3n) is 3.22. The molecule has 0 aliphatic rings. The summed E-state index contributed by atoms with van der Waals surface area (Å²) in [7, 11) is 0. The van der Waals surface area contributed by atoms with Gasteiger partial charge in [0.2, 0.25) is 11.8 Å². The molecule has 1 rings (SSSR count). The molecule has 21 heavy (non-hydrogen) atoms. The fraction of sp³-hybridized carbons (Fsp3) is 0.467. The van der Waals surface area contributed by atoms with Gasteiger partial charge in [0.15, 0.2) is 0 Å². The molecule has 2 atom stereocenters. The average molecular weight is 293 g/mol. The Morgan fingerprint density at radius 1 is 1.19 bits per heavy atom. The van der Waals surface area contributed by atoms with Crippen LogP contribution in [0.15, 0.2) is 24.3 Å². The van der Waals surface area contributed by atoms with E-state index < -0.39 is 12.1 Å². The van der Waals surface area contributed by atoms with Gasteiger partial charge in [0.05, 0.1) is 12.6 Å². The number of aliphatic hydroxyl groups is 1. The maximum absolute atomic E-state index is 12.1. The predicted molar refractivity (Wildman–Crippen MR) is 81.4 cm³/mol. The molecule has 1 aromatic carbocycles. The first kappa shape index (κ1) is 17.1. The number of para-hydroxylation sites is 1. The van der Waals surface area contributed by atoms with Gasteiger partial charge in [-0.15, -0.1) is 0 Å². The highest BCUT2D eigenvalue weighted by Crippen LogP contribution is 2.14. The summed E-state index contributed by atoms with van der Waals surface area (Å²) in [6.45, 7) is 5.09. The van der Waals surface area contributed by atoms with Crippen molar-refractivity contribution in [3.8, 4) is 0 Å². The third kappa shape index (κ3) is 4.84. The summed E-state index contributed by atoms with van der Waals surface area (Å²) in [5.41, 5.74) is 6.87. The van der Waals surface area contributed by atoms with Crippen LogP contribution >= 0.6 is 0 Å². The van der Waals surface area contributed by atoms with Crippen molar-refractivity contribution in [2.45, 2.75) is 39.5 Å². The minimum Gasteiger partial charge on any atom is -0.392 e. The van der Waals surface area contributed by atoms with E-state index in [9.17, 15) is 14.7 Å². The summed E-state index contributed by atoms with van der Waals surface area (Å²) in [5, 5.41) is 14.5. The maximum Gasteiger partial charge on any atom is 0.246 e. The Labute approximate surface area is 124 Å². The average Bonchev–Trinajstić information content (AvgIpc) is 2.46. The smallest absolute Gasteiger partial charge is 0.246 e. The van der Waals surface area contributed by atoms with Gasteiger partial charge in [0, 0.05) is 11.3 Å². The SMILES string of the molecule is CC(C)[C@H](N)C(=O)N[C@@H](C)C(=O)Nc1ccccc1CO. The van der Waals surface area contributed by atoms with E-state index >= 15 is 0 Å². The molecule has 116 valence electrons. The largest absolute Gasteiger partial charge is 0.392 e. The van der Waals surface area contributed by atoms with Crippen LogP contribution in [0.4, 0.5) is 5.69 Å². The molecule has 0 aliphatic heterocycles. The lowest BCUT2D eigenvalue weighted by atomic mass is 10.0. The van der Waals surface area contributed by atoms with Gasteiger partial charge in [-0.3, -0.25) is 9.59 Å². The van der Waals surface area contributed by atoms with Crippen molar-refractivity contribution >= 4 is 17.5 Å². The summed E-state index contributed by atoms with van der Waals surface area (Å²) < 4.78 is 0. The van der Waals surface area contributed by atoms with Crippen molar-refractivity contribution in [3.63, 3.8) is 0 Å². The van der Waals surface area contributed by atoms with Gasteiger partial charge in [-0.25, -0.2) is 0 Å². The van der Waals surface area contributed by atoms with Crippen molar-refractivity contribution in [1.29, 1.82) is 0 Å². The fourth-order valence-electron chi connectivity index (χ4n) is 1.70. The van der Waals surface area contributed by atoms with E-state index in [1.165, 1.54) is 0 Å². The molecule has 1 aromatic rings. The Kier molecular flexibility index (Phi) is 6.33. The summed E-state index contributed by atoms with van der Waals surface area (Å²) in [4.78, 5) is 23.9. The van der Waals surface area contributed by atoms with Crippen LogP contribution in [-0.2, 0) is 16.2 Å². The summed E-state index contributed by atoms with van der Waals surface area (Å²) >= 11 is 0. The van der Waals surface area contributed by atoms with E-state index in [0.29, 0.717) is 11.3 Å². The summed E-state index contributed by atoms with van der Waals surface area (Å²) in [6.07, 6.45) is 0. The summed E-state index contributed by atoms with van der Waals surface area (Å²) in [6, 6.07) is 5.57. The molecule has 5 N–H and O–H groups in total. The number of anilines is 1. The first-order valence-electron chi connectivity index (χ1n) is 6.92. The van der Waals surface area contributed by atoms with Crippen LogP contribution < -0.4 is 16.4 Å². The van der Waals surface area contributed by atoms with Crippen LogP contribution in [0.25, 0.3) is 0 Å². The molecule has 0 saturated carbocycles. The second kappa shape index (κ2) is 7.75. The fourth-order valence-corrected chi connectivity index (χ4v) is 1.70. The van der Waals surface area contributed by atoms with E-state index in [-0.39, 0.29) is 24.3 Å². The maximum atomic E-state index is 12.1. The zero-order valence-electron chi connectivity index (χ0n) is 12.6. The lowest BCUT2D eigenvalue weighted by Crippen LogP contribution is -2.50. The number of amides is 2. The molecule has 0 heterocycles. The van der Waals surface area contributed by atoms with E-state index in [1.54, 1.807) is 31.2 Å². The van der Waals surface area contributed by atoms with Crippen molar-refractivity contribution in [3.05, 3.63) is 29.8 Å². The quantitative estimate of drug-likeness (QED) is 0.616. The van der Waals surface area contributed by atoms with Crippen molar-refractivity contribution in [2.75, 3.05) is 5.32 Å². The Morgan fingerprint density at radius 3 is 2.38 bits per heavy atom. The van der Waals surface area contributed by atoms with Gasteiger partial charge in [0.25, 0.3) is 0 Å². The van der Waals surface area contributed by atoms with E-state index in [2.05, 4.69) is 10.6 Å². The predicted octanol–water partition coefficient (Wildman–Crippen LogP) is 0.605.